The number of benzene rings is 1. The highest BCUT2D eigenvalue weighted by molar-refractivity contribution is 7.99. The van der Waals surface area contributed by atoms with Crippen molar-refractivity contribution >= 4 is 17.7 Å². The van der Waals surface area contributed by atoms with E-state index < -0.39 is 25.2 Å². The molecule has 0 aliphatic rings. The first kappa shape index (κ1) is 17.8. The Morgan fingerprint density at radius 1 is 1.38 bits per heavy atom. The largest absolute Gasteiger partial charge is 0.406 e. The average Bonchev–Trinajstić information content (AvgIpc) is 2.36. The second kappa shape index (κ2) is 8.29. The zero-order valence-electron chi connectivity index (χ0n) is 11.7. The van der Waals surface area contributed by atoms with Crippen molar-refractivity contribution < 1.29 is 23.1 Å². The van der Waals surface area contributed by atoms with Crippen LogP contribution in [0.2, 0.25) is 0 Å². The number of amides is 1. The highest BCUT2D eigenvalue weighted by atomic mass is 32.2. The number of aliphatic hydroxyl groups excluding tert-OH is 1. The molecule has 0 heterocycles. The Balaban J connectivity index is 2.46. The molecule has 1 N–H and O–H groups in total. The molecule has 1 aromatic rings. The van der Waals surface area contributed by atoms with Crippen LogP contribution in [0.15, 0.2) is 24.3 Å². The van der Waals surface area contributed by atoms with Crippen molar-refractivity contribution in [3.8, 4) is 0 Å². The number of hydrogen-bond donors (Lipinski definition) is 1. The van der Waals surface area contributed by atoms with E-state index in [2.05, 4.69) is 0 Å². The molecule has 0 aliphatic heterocycles. The van der Waals surface area contributed by atoms with Crippen molar-refractivity contribution in [2.75, 3.05) is 25.4 Å². The van der Waals surface area contributed by atoms with E-state index >= 15 is 0 Å². The lowest BCUT2D eigenvalue weighted by molar-refractivity contribution is -0.160. The van der Waals surface area contributed by atoms with Crippen molar-refractivity contribution in [1.29, 1.82) is 0 Å². The number of thioether (sulfide) groups is 1. The van der Waals surface area contributed by atoms with Gasteiger partial charge in [0.05, 0.1) is 12.4 Å². The van der Waals surface area contributed by atoms with Crippen LogP contribution in [0.1, 0.15) is 11.1 Å². The van der Waals surface area contributed by atoms with Crippen LogP contribution >= 0.6 is 11.8 Å². The van der Waals surface area contributed by atoms with E-state index in [1.165, 1.54) is 11.8 Å². The van der Waals surface area contributed by atoms with Gasteiger partial charge in [-0.1, -0.05) is 29.8 Å². The molecule has 0 saturated carbocycles. The number of carbonyl (C=O) groups is 1. The van der Waals surface area contributed by atoms with Gasteiger partial charge in [0.2, 0.25) is 5.91 Å². The first-order valence-electron chi connectivity index (χ1n) is 6.40. The summed E-state index contributed by atoms with van der Waals surface area (Å²) in [6.07, 6.45) is -4.45. The highest BCUT2D eigenvalue weighted by Gasteiger charge is 2.32. The molecule has 1 aromatic carbocycles. The molecule has 0 aliphatic carbocycles. The predicted molar refractivity (Wildman–Crippen MR) is 77.1 cm³/mol. The first-order chi connectivity index (χ1) is 9.81. The highest BCUT2D eigenvalue weighted by Crippen LogP contribution is 2.18. The molecular weight excluding hydrogens is 303 g/mol. The van der Waals surface area contributed by atoms with Crippen LogP contribution in [0, 0.1) is 6.92 Å². The number of aliphatic hydroxyl groups is 1. The summed E-state index contributed by atoms with van der Waals surface area (Å²) in [5.74, 6) is -0.0878. The van der Waals surface area contributed by atoms with Gasteiger partial charge in [-0.15, -0.1) is 11.8 Å². The Labute approximate surface area is 126 Å². The molecule has 0 spiro atoms. The fraction of sp³-hybridized carbons (Fsp3) is 0.500. The lowest BCUT2D eigenvalue weighted by atomic mass is 10.2. The summed E-state index contributed by atoms with van der Waals surface area (Å²) in [7, 11) is 0. The van der Waals surface area contributed by atoms with Crippen LogP contribution in [0.3, 0.4) is 0 Å². The molecule has 21 heavy (non-hydrogen) atoms. The van der Waals surface area contributed by atoms with Gasteiger partial charge in [-0.3, -0.25) is 4.79 Å². The van der Waals surface area contributed by atoms with E-state index in [0.29, 0.717) is 10.7 Å². The van der Waals surface area contributed by atoms with Gasteiger partial charge in [-0.2, -0.15) is 13.2 Å². The van der Waals surface area contributed by atoms with Gasteiger partial charge in [-0.05, 0) is 12.5 Å². The summed E-state index contributed by atoms with van der Waals surface area (Å²) in [5, 5.41) is 8.75. The van der Waals surface area contributed by atoms with E-state index in [0.717, 1.165) is 11.1 Å². The zero-order chi connectivity index (χ0) is 15.9. The maximum atomic E-state index is 12.3. The Hall–Kier alpha value is -1.21. The molecule has 3 nitrogen and oxygen atoms in total. The van der Waals surface area contributed by atoms with Crippen molar-refractivity contribution in [3.63, 3.8) is 0 Å². The van der Waals surface area contributed by atoms with Gasteiger partial charge < -0.3 is 10.0 Å². The third kappa shape index (κ3) is 7.38. The van der Waals surface area contributed by atoms with E-state index in [4.69, 9.17) is 5.11 Å². The first-order valence-corrected chi connectivity index (χ1v) is 7.56. The average molecular weight is 321 g/mol. The number of hydrogen-bond acceptors (Lipinski definition) is 3. The maximum Gasteiger partial charge on any atom is 0.406 e. The Morgan fingerprint density at radius 3 is 2.67 bits per heavy atom. The van der Waals surface area contributed by atoms with Crippen molar-refractivity contribution in [1.82, 2.24) is 4.90 Å². The number of halogens is 3. The summed E-state index contributed by atoms with van der Waals surface area (Å²) in [6.45, 7) is -0.156. The summed E-state index contributed by atoms with van der Waals surface area (Å²) in [4.78, 5) is 12.4. The SMILES string of the molecule is Cc1cccc(CSCC(=O)N(CCO)CC(F)(F)F)c1. The lowest BCUT2D eigenvalue weighted by Crippen LogP contribution is -2.41. The van der Waals surface area contributed by atoms with Crippen LogP contribution in [0.4, 0.5) is 13.2 Å². The Morgan fingerprint density at radius 2 is 2.10 bits per heavy atom. The summed E-state index contributed by atoms with van der Waals surface area (Å²) < 4.78 is 37.0. The Bertz CT molecular complexity index is 466. The number of carbonyl (C=O) groups excluding carboxylic acids is 1. The van der Waals surface area contributed by atoms with Crippen molar-refractivity contribution in [2.24, 2.45) is 0 Å². The standard InChI is InChI=1S/C14H18F3NO2S/c1-11-3-2-4-12(7-11)8-21-9-13(20)18(5-6-19)10-14(15,16)17/h2-4,7,19H,5-6,8-10H2,1H3. The van der Waals surface area contributed by atoms with Gasteiger partial charge in [0.25, 0.3) is 0 Å². The molecule has 7 heteroatoms. The molecule has 0 unspecified atom stereocenters. The fourth-order valence-corrected chi connectivity index (χ4v) is 2.65. The molecule has 0 atom stereocenters. The van der Waals surface area contributed by atoms with Gasteiger partial charge in [0.1, 0.15) is 6.54 Å². The van der Waals surface area contributed by atoms with E-state index in [-0.39, 0.29) is 12.3 Å². The molecule has 1 rings (SSSR count). The minimum absolute atomic E-state index is 0.0377. The second-order valence-electron chi connectivity index (χ2n) is 4.64. The van der Waals surface area contributed by atoms with Crippen molar-refractivity contribution in [2.45, 2.75) is 18.9 Å². The molecule has 0 aromatic heterocycles. The predicted octanol–water partition coefficient (Wildman–Crippen LogP) is 2.61. The van der Waals surface area contributed by atoms with E-state index in [1.807, 2.05) is 31.2 Å². The van der Waals surface area contributed by atoms with Gasteiger partial charge in [-0.25, -0.2) is 0 Å². The van der Waals surface area contributed by atoms with E-state index in [9.17, 15) is 18.0 Å². The number of alkyl halides is 3. The summed E-state index contributed by atoms with van der Waals surface area (Å²) in [6, 6.07) is 7.73. The molecule has 118 valence electrons. The van der Waals surface area contributed by atoms with Crippen LogP contribution in [0.25, 0.3) is 0 Å². The van der Waals surface area contributed by atoms with Crippen LogP contribution in [-0.2, 0) is 10.5 Å². The number of nitrogens with zero attached hydrogens (tertiary/aromatic N) is 1. The van der Waals surface area contributed by atoms with Crippen LogP contribution in [0.5, 0.6) is 0 Å². The Kier molecular flexibility index (Phi) is 7.04. The normalized spacial score (nSPS) is 11.5. The van der Waals surface area contributed by atoms with Gasteiger partial charge >= 0.3 is 6.18 Å². The van der Waals surface area contributed by atoms with Gasteiger partial charge in [0, 0.05) is 12.3 Å². The monoisotopic (exact) mass is 321 g/mol. The minimum Gasteiger partial charge on any atom is -0.395 e. The third-order valence-corrected chi connectivity index (χ3v) is 3.66. The van der Waals surface area contributed by atoms with Crippen LogP contribution < -0.4 is 0 Å². The second-order valence-corrected chi connectivity index (χ2v) is 5.62. The lowest BCUT2D eigenvalue weighted by Gasteiger charge is -2.22. The topological polar surface area (TPSA) is 40.5 Å². The molecule has 0 radical (unpaired) electrons. The molecular formula is C14H18F3NO2S. The summed E-state index contributed by atoms with van der Waals surface area (Å²) in [5.41, 5.74) is 2.12. The van der Waals surface area contributed by atoms with Crippen LogP contribution in [-0.4, -0.2) is 47.5 Å². The third-order valence-electron chi connectivity index (χ3n) is 2.67. The van der Waals surface area contributed by atoms with Gasteiger partial charge in [0.15, 0.2) is 0 Å². The summed E-state index contributed by atoms with van der Waals surface area (Å²) >= 11 is 1.26. The molecule has 0 fully saturated rings. The van der Waals surface area contributed by atoms with Crippen molar-refractivity contribution in [3.05, 3.63) is 35.4 Å². The zero-order valence-corrected chi connectivity index (χ0v) is 12.5. The minimum atomic E-state index is -4.45. The fourth-order valence-electron chi connectivity index (χ4n) is 1.78. The number of aryl methyl sites for hydroxylation is 1. The maximum absolute atomic E-state index is 12.3. The molecule has 0 saturated heterocycles. The molecule has 0 bridgehead atoms. The number of rotatable bonds is 7. The quantitative estimate of drug-likeness (QED) is 0.839. The smallest absolute Gasteiger partial charge is 0.395 e. The van der Waals surface area contributed by atoms with E-state index in [1.54, 1.807) is 0 Å². The molecule has 1 amide bonds.